The highest BCUT2D eigenvalue weighted by Crippen LogP contribution is 2.26. The van der Waals surface area contributed by atoms with E-state index in [4.69, 9.17) is 0 Å². The summed E-state index contributed by atoms with van der Waals surface area (Å²) in [6.45, 7) is 4.47. The van der Waals surface area contributed by atoms with Gasteiger partial charge < -0.3 is 20.3 Å². The number of guanidine groups is 1. The van der Waals surface area contributed by atoms with Crippen LogP contribution in [0, 0.1) is 11.6 Å². The second-order valence-corrected chi connectivity index (χ2v) is 6.79. The molecule has 9 heteroatoms. The summed E-state index contributed by atoms with van der Waals surface area (Å²) in [7, 11) is 1.39. The molecule has 1 atom stereocenters. The van der Waals surface area contributed by atoms with Crippen LogP contribution >= 0.6 is 24.0 Å². The Morgan fingerprint density at radius 1 is 1.28 bits per heavy atom. The van der Waals surface area contributed by atoms with Crippen molar-refractivity contribution in [1.29, 1.82) is 0 Å². The first-order chi connectivity index (χ1) is 13.5. The van der Waals surface area contributed by atoms with E-state index in [1.54, 1.807) is 4.90 Å². The molecule has 0 amide bonds. The number of hydrogen-bond donors (Lipinski definition) is 2. The van der Waals surface area contributed by atoms with Crippen molar-refractivity contribution in [3.05, 3.63) is 29.8 Å². The van der Waals surface area contributed by atoms with Crippen molar-refractivity contribution >= 4 is 41.6 Å². The van der Waals surface area contributed by atoms with E-state index in [-0.39, 0.29) is 41.7 Å². The highest BCUT2D eigenvalue weighted by molar-refractivity contribution is 14.0. The van der Waals surface area contributed by atoms with Crippen LogP contribution in [0.3, 0.4) is 0 Å². The third kappa shape index (κ3) is 8.31. The molecule has 1 aromatic rings. The predicted molar refractivity (Wildman–Crippen MR) is 122 cm³/mol. The summed E-state index contributed by atoms with van der Waals surface area (Å²) >= 11 is 0. The largest absolute Gasteiger partial charge is 0.469 e. The quantitative estimate of drug-likeness (QED) is 0.170. The molecule has 0 saturated carbocycles. The van der Waals surface area contributed by atoms with Crippen LogP contribution in [0.4, 0.5) is 14.5 Å². The number of ether oxygens (including phenoxy) is 1. The summed E-state index contributed by atoms with van der Waals surface area (Å²) in [4.78, 5) is 17.4. The summed E-state index contributed by atoms with van der Waals surface area (Å²) in [5.74, 6) is -0.548. The fraction of sp³-hybridized carbons (Fsp3) is 0.600. The average molecular weight is 524 g/mol. The predicted octanol–water partition coefficient (Wildman–Crippen LogP) is 3.45. The lowest BCUT2D eigenvalue weighted by atomic mass is 10.2. The average Bonchev–Trinajstić information content (AvgIpc) is 3.12. The van der Waals surface area contributed by atoms with Crippen LogP contribution < -0.4 is 15.5 Å². The Morgan fingerprint density at radius 2 is 2.00 bits per heavy atom. The first kappa shape index (κ1) is 25.4. The number of anilines is 1. The molecule has 0 aromatic heterocycles. The SMILES string of the molecule is CCNC(=NCCCCCC(=O)OC)NC1CCN(c2c(F)cccc2F)C1.I. The van der Waals surface area contributed by atoms with Crippen molar-refractivity contribution in [2.75, 3.05) is 38.2 Å². The van der Waals surface area contributed by atoms with Crippen molar-refractivity contribution in [3.63, 3.8) is 0 Å². The Bertz CT molecular complexity index is 656. The third-order valence-electron chi connectivity index (χ3n) is 4.66. The number of nitrogens with zero attached hydrogens (tertiary/aromatic N) is 2. The van der Waals surface area contributed by atoms with Gasteiger partial charge in [-0.05, 0) is 38.3 Å². The molecule has 1 saturated heterocycles. The van der Waals surface area contributed by atoms with Crippen molar-refractivity contribution in [1.82, 2.24) is 10.6 Å². The summed E-state index contributed by atoms with van der Waals surface area (Å²) in [6, 6.07) is 4.01. The van der Waals surface area contributed by atoms with E-state index in [9.17, 15) is 13.6 Å². The number of unbranched alkanes of at least 4 members (excludes halogenated alkanes) is 2. The topological polar surface area (TPSA) is 66.0 Å². The molecule has 0 spiro atoms. The first-order valence-corrected chi connectivity index (χ1v) is 9.85. The number of hydrogen-bond acceptors (Lipinski definition) is 4. The minimum absolute atomic E-state index is 0. The molecule has 1 aromatic carbocycles. The van der Waals surface area contributed by atoms with Gasteiger partial charge in [-0.3, -0.25) is 9.79 Å². The molecule has 1 aliphatic heterocycles. The number of carbonyl (C=O) groups is 1. The Kier molecular flexibility index (Phi) is 11.9. The lowest BCUT2D eigenvalue weighted by molar-refractivity contribution is -0.140. The van der Waals surface area contributed by atoms with E-state index in [2.05, 4.69) is 20.4 Å². The highest BCUT2D eigenvalue weighted by Gasteiger charge is 2.27. The molecule has 0 aliphatic carbocycles. The van der Waals surface area contributed by atoms with Gasteiger partial charge in [0.25, 0.3) is 0 Å². The molecule has 2 N–H and O–H groups in total. The Labute approximate surface area is 188 Å². The monoisotopic (exact) mass is 524 g/mol. The van der Waals surface area contributed by atoms with Gasteiger partial charge in [0.2, 0.25) is 0 Å². The number of benzene rings is 1. The van der Waals surface area contributed by atoms with Crippen LogP contribution in [0.2, 0.25) is 0 Å². The van der Waals surface area contributed by atoms with Gasteiger partial charge in [-0.2, -0.15) is 0 Å². The van der Waals surface area contributed by atoms with E-state index in [1.165, 1.54) is 25.3 Å². The maximum Gasteiger partial charge on any atom is 0.305 e. The Morgan fingerprint density at radius 3 is 2.66 bits per heavy atom. The number of methoxy groups -OCH3 is 1. The molecule has 0 radical (unpaired) electrons. The zero-order valence-electron chi connectivity index (χ0n) is 17.0. The van der Waals surface area contributed by atoms with Gasteiger partial charge >= 0.3 is 5.97 Å². The number of rotatable bonds is 9. The molecule has 6 nitrogen and oxygen atoms in total. The second kappa shape index (κ2) is 13.6. The summed E-state index contributed by atoms with van der Waals surface area (Å²) in [6.07, 6.45) is 3.78. The Hall–Kier alpha value is -1.65. The van der Waals surface area contributed by atoms with Crippen molar-refractivity contribution in [3.8, 4) is 0 Å². The Balaban J connectivity index is 0.00000420. The van der Waals surface area contributed by atoms with Gasteiger partial charge in [-0.15, -0.1) is 24.0 Å². The lowest BCUT2D eigenvalue weighted by Crippen LogP contribution is -2.44. The molecule has 164 valence electrons. The molecule has 1 heterocycles. The van der Waals surface area contributed by atoms with Gasteiger partial charge in [-0.1, -0.05) is 12.5 Å². The molecular formula is C20H31F2IN4O2. The molecule has 1 unspecified atom stereocenters. The van der Waals surface area contributed by atoms with Crippen molar-refractivity contribution < 1.29 is 18.3 Å². The van der Waals surface area contributed by atoms with Crippen LogP contribution in [-0.2, 0) is 9.53 Å². The number of esters is 1. The van der Waals surface area contributed by atoms with Gasteiger partial charge in [0, 0.05) is 38.6 Å². The lowest BCUT2D eigenvalue weighted by Gasteiger charge is -2.21. The van der Waals surface area contributed by atoms with Gasteiger partial charge in [0.1, 0.15) is 17.3 Å². The number of para-hydroxylation sites is 1. The first-order valence-electron chi connectivity index (χ1n) is 9.85. The number of nitrogens with one attached hydrogen (secondary N) is 2. The second-order valence-electron chi connectivity index (χ2n) is 6.79. The fourth-order valence-electron chi connectivity index (χ4n) is 3.24. The van der Waals surface area contributed by atoms with E-state index in [0.717, 1.165) is 32.2 Å². The van der Waals surface area contributed by atoms with Gasteiger partial charge in [0.05, 0.1) is 7.11 Å². The molecule has 1 fully saturated rings. The number of halogens is 3. The summed E-state index contributed by atoms with van der Waals surface area (Å²) in [5.41, 5.74) is 0.0411. The number of carbonyl (C=O) groups excluding carboxylic acids is 1. The van der Waals surface area contributed by atoms with E-state index in [0.29, 0.717) is 32.0 Å². The third-order valence-corrected chi connectivity index (χ3v) is 4.66. The van der Waals surface area contributed by atoms with Crippen LogP contribution in [0.15, 0.2) is 23.2 Å². The standard InChI is InChI=1S/C20H30F2N4O2.HI/c1-3-23-20(24-12-6-4-5-10-18(27)28-2)25-15-11-13-26(14-15)19-16(21)8-7-9-17(19)22;/h7-9,15H,3-6,10-14H2,1-2H3,(H2,23,24,25);1H. The van der Waals surface area contributed by atoms with E-state index < -0.39 is 11.6 Å². The molecule has 1 aliphatic rings. The van der Waals surface area contributed by atoms with Crippen molar-refractivity contribution in [2.45, 2.75) is 45.1 Å². The molecule has 2 rings (SSSR count). The van der Waals surface area contributed by atoms with Gasteiger partial charge in [0.15, 0.2) is 5.96 Å². The molecular weight excluding hydrogens is 493 g/mol. The fourth-order valence-corrected chi connectivity index (χ4v) is 3.24. The van der Waals surface area contributed by atoms with Crippen LogP contribution in [-0.4, -0.2) is 51.3 Å². The van der Waals surface area contributed by atoms with Crippen LogP contribution in [0.1, 0.15) is 39.0 Å². The smallest absolute Gasteiger partial charge is 0.305 e. The maximum atomic E-state index is 14.0. The normalized spacial score (nSPS) is 16.3. The highest BCUT2D eigenvalue weighted by atomic mass is 127. The zero-order chi connectivity index (χ0) is 20.4. The molecule has 29 heavy (non-hydrogen) atoms. The zero-order valence-corrected chi connectivity index (χ0v) is 19.4. The van der Waals surface area contributed by atoms with E-state index >= 15 is 0 Å². The van der Waals surface area contributed by atoms with E-state index in [1.807, 2.05) is 6.92 Å². The minimum atomic E-state index is -0.534. The number of aliphatic imine (C=N–C) groups is 1. The minimum Gasteiger partial charge on any atom is -0.469 e. The molecule has 0 bridgehead atoms. The van der Waals surface area contributed by atoms with Crippen LogP contribution in [0.5, 0.6) is 0 Å². The van der Waals surface area contributed by atoms with Crippen LogP contribution in [0.25, 0.3) is 0 Å². The van der Waals surface area contributed by atoms with Gasteiger partial charge in [-0.25, -0.2) is 8.78 Å². The summed E-state index contributed by atoms with van der Waals surface area (Å²) < 4.78 is 32.6. The maximum absolute atomic E-state index is 14.0. The van der Waals surface area contributed by atoms with Crippen molar-refractivity contribution in [2.24, 2.45) is 4.99 Å². The summed E-state index contributed by atoms with van der Waals surface area (Å²) in [5, 5.41) is 6.56.